The number of β-amino-alcohol motifs (C(OH)–C–C–N with tert-alkyl or cyclic N) is 1. The third-order valence-electron chi connectivity index (χ3n) is 10.4. The van der Waals surface area contributed by atoms with Crippen molar-refractivity contribution in [1.29, 1.82) is 0 Å². The van der Waals surface area contributed by atoms with E-state index in [1.54, 1.807) is 23.1 Å². The molecule has 0 aromatic heterocycles. The highest BCUT2D eigenvalue weighted by atomic mass is 19.2. The van der Waals surface area contributed by atoms with Gasteiger partial charge < -0.3 is 35.3 Å². The van der Waals surface area contributed by atoms with Gasteiger partial charge in [0.25, 0.3) is 5.91 Å². The van der Waals surface area contributed by atoms with E-state index in [1.807, 2.05) is 37.3 Å². The highest BCUT2D eigenvalue weighted by Crippen LogP contribution is 2.42. The van der Waals surface area contributed by atoms with Crippen molar-refractivity contribution in [2.75, 3.05) is 26.2 Å². The Kier molecular flexibility index (Phi) is 10.7. The number of ether oxygens (including phenoxy) is 3. The van der Waals surface area contributed by atoms with Crippen molar-refractivity contribution in [2.24, 2.45) is 5.73 Å². The Morgan fingerprint density at radius 3 is 2.50 bits per heavy atom. The van der Waals surface area contributed by atoms with E-state index < -0.39 is 64.9 Å². The minimum Gasteiger partial charge on any atom is -0.488 e. The van der Waals surface area contributed by atoms with E-state index in [4.69, 9.17) is 19.9 Å². The van der Waals surface area contributed by atoms with Crippen LogP contribution in [-0.4, -0.2) is 90.0 Å². The second kappa shape index (κ2) is 15.4. The number of piperazine rings is 1. The minimum atomic E-state index is -1.38. The predicted octanol–water partition coefficient (Wildman–Crippen LogP) is 3.48. The second-order valence-corrected chi connectivity index (χ2v) is 14.6. The first kappa shape index (κ1) is 37.4. The number of nitrogens with two attached hydrogens (primary N) is 1. The third-order valence-corrected chi connectivity index (χ3v) is 10.4. The molecule has 2 unspecified atom stereocenters. The first-order valence-electron chi connectivity index (χ1n) is 18.2. The highest BCUT2D eigenvalue weighted by molar-refractivity contribution is 6.01. The number of aryl methyl sites for hydroxylation is 2. The summed E-state index contributed by atoms with van der Waals surface area (Å²) in [6.07, 6.45) is 0.492. The summed E-state index contributed by atoms with van der Waals surface area (Å²) in [5, 5.41) is 16.8. The van der Waals surface area contributed by atoms with E-state index in [0.29, 0.717) is 41.4 Å². The second-order valence-electron chi connectivity index (χ2n) is 14.6. The van der Waals surface area contributed by atoms with E-state index in [0.717, 1.165) is 30.0 Å². The molecular formula is C40H43F3N4O7. The zero-order chi connectivity index (χ0) is 38.1. The lowest BCUT2D eigenvalue weighted by Crippen LogP contribution is -2.76. The number of carbonyl (C=O) groups is 3. The number of amides is 2. The van der Waals surface area contributed by atoms with Crippen molar-refractivity contribution >= 4 is 23.4 Å². The van der Waals surface area contributed by atoms with Crippen LogP contribution >= 0.6 is 0 Å². The average molecular weight is 749 g/mol. The molecule has 54 heavy (non-hydrogen) atoms. The number of carbonyl (C=O) groups excluding carboxylic acids is 3. The van der Waals surface area contributed by atoms with Crippen LogP contribution in [0.1, 0.15) is 48.8 Å². The molecule has 1 aliphatic carbocycles. The fraction of sp³-hybridized carbons (Fsp3) is 0.425. The van der Waals surface area contributed by atoms with Crippen molar-refractivity contribution in [3.63, 3.8) is 0 Å². The number of hydrogen-bond acceptors (Lipinski definition) is 9. The van der Waals surface area contributed by atoms with Crippen molar-refractivity contribution in [3.05, 3.63) is 100 Å². The van der Waals surface area contributed by atoms with E-state index in [-0.39, 0.29) is 51.1 Å². The van der Waals surface area contributed by atoms with Crippen LogP contribution in [0.15, 0.2) is 66.2 Å². The minimum absolute atomic E-state index is 0.0229. The van der Waals surface area contributed by atoms with Crippen molar-refractivity contribution in [1.82, 2.24) is 15.5 Å². The number of fused-ring (bicyclic) bond motifs is 2. The summed E-state index contributed by atoms with van der Waals surface area (Å²) in [6, 6.07) is 14.7. The molecule has 2 saturated heterocycles. The summed E-state index contributed by atoms with van der Waals surface area (Å²) in [6.45, 7) is 2.22. The lowest BCUT2D eigenvalue weighted by atomic mass is 9.72. The summed E-state index contributed by atoms with van der Waals surface area (Å²) >= 11 is 0. The van der Waals surface area contributed by atoms with E-state index in [9.17, 15) is 32.7 Å². The lowest BCUT2D eigenvalue weighted by Gasteiger charge is -2.53. The van der Waals surface area contributed by atoms with E-state index in [1.165, 1.54) is 0 Å². The summed E-state index contributed by atoms with van der Waals surface area (Å²) in [5.74, 6) is -5.46. The molecule has 0 spiro atoms. The Labute approximate surface area is 310 Å². The van der Waals surface area contributed by atoms with Crippen LogP contribution in [0.2, 0.25) is 0 Å². The van der Waals surface area contributed by atoms with Crippen LogP contribution in [0.3, 0.4) is 0 Å². The Hall–Kier alpha value is -4.92. The summed E-state index contributed by atoms with van der Waals surface area (Å²) < 4.78 is 59.1. The Balaban J connectivity index is 1.20. The van der Waals surface area contributed by atoms with Gasteiger partial charge in [0.1, 0.15) is 11.9 Å². The third kappa shape index (κ3) is 7.96. The molecule has 1 saturated carbocycles. The molecule has 5 atom stereocenters. The molecule has 2 amide bonds. The van der Waals surface area contributed by atoms with Crippen LogP contribution in [0.4, 0.5) is 13.2 Å². The highest BCUT2D eigenvalue weighted by Gasteiger charge is 2.56. The Morgan fingerprint density at radius 2 is 1.81 bits per heavy atom. The Bertz CT molecular complexity index is 1960. The monoisotopic (exact) mass is 748 g/mol. The van der Waals surface area contributed by atoms with Gasteiger partial charge in [0.2, 0.25) is 11.7 Å². The summed E-state index contributed by atoms with van der Waals surface area (Å²) in [4.78, 5) is 43.0. The molecule has 11 nitrogen and oxygen atoms in total. The van der Waals surface area contributed by atoms with Gasteiger partial charge in [-0.05, 0) is 92.0 Å². The summed E-state index contributed by atoms with van der Waals surface area (Å²) in [5.41, 5.74) is 8.26. The average Bonchev–Trinajstić information content (AvgIpc) is 3.86. The van der Waals surface area contributed by atoms with Crippen LogP contribution in [0, 0.1) is 24.4 Å². The van der Waals surface area contributed by atoms with Gasteiger partial charge in [-0.1, -0.05) is 36.4 Å². The first-order valence-corrected chi connectivity index (χ1v) is 18.2. The van der Waals surface area contributed by atoms with Crippen molar-refractivity contribution < 1.29 is 46.9 Å². The fourth-order valence-electron chi connectivity index (χ4n) is 7.66. The van der Waals surface area contributed by atoms with Crippen molar-refractivity contribution in [2.45, 2.75) is 81.4 Å². The number of nitrogens with zero attached hydrogens (tertiary/aromatic N) is 1. The number of hydrogen-bond donors (Lipinski definition) is 4. The molecule has 3 aromatic carbocycles. The zero-order valence-electron chi connectivity index (χ0n) is 29.8. The summed E-state index contributed by atoms with van der Waals surface area (Å²) in [7, 11) is 0. The first-order chi connectivity index (χ1) is 25.9. The standard InChI is InChI=1S/C40H43F3N4O7/c1-22-4-2-6-27(16-22)53-36(37(44)49)40-18-28(24-9-7-23(8-10-24)5-3-15-52-35-30(42)14-13-29(41)34(35)43)33(39(51)54-26-11-12-26)32(46-40)20-47(21-40)38(50)31-17-25(48)19-45-31/h2,4,6-10,13-14,16,25-26,31-32,36,45-46,48H,3,5,11-12,15,17-21H2,1H3,(H2,44,49)/t25-,31?,32-,36?,40+/m0/s1. The number of nitrogens with one attached hydrogen (secondary N) is 2. The smallest absolute Gasteiger partial charge is 0.336 e. The van der Waals surface area contributed by atoms with Crippen LogP contribution < -0.4 is 25.8 Å². The molecule has 2 bridgehead atoms. The molecule has 286 valence electrons. The molecule has 0 radical (unpaired) electrons. The van der Waals surface area contributed by atoms with Gasteiger partial charge in [-0.15, -0.1) is 0 Å². The molecule has 3 aliphatic heterocycles. The van der Waals surface area contributed by atoms with E-state index in [2.05, 4.69) is 10.6 Å². The number of primary amides is 1. The maximum atomic E-state index is 14.0. The molecule has 14 heteroatoms. The largest absolute Gasteiger partial charge is 0.488 e. The number of rotatable bonds is 13. The van der Waals surface area contributed by atoms with Crippen LogP contribution in [0.5, 0.6) is 11.5 Å². The topological polar surface area (TPSA) is 152 Å². The number of halogens is 3. The number of aliphatic hydroxyl groups is 1. The van der Waals surface area contributed by atoms with E-state index >= 15 is 0 Å². The number of benzene rings is 3. The van der Waals surface area contributed by atoms with Gasteiger partial charge in [0.05, 0.1) is 35.9 Å². The quantitative estimate of drug-likeness (QED) is 0.117. The molecule has 3 aromatic rings. The van der Waals surface area contributed by atoms with Gasteiger partial charge in [-0.2, -0.15) is 4.39 Å². The normalized spacial score (nSPS) is 24.2. The van der Waals surface area contributed by atoms with Gasteiger partial charge in [0, 0.05) is 19.6 Å². The van der Waals surface area contributed by atoms with Gasteiger partial charge in [0.15, 0.2) is 23.5 Å². The number of aliphatic hydroxyl groups excluding tert-OH is 1. The Morgan fingerprint density at radius 1 is 1.06 bits per heavy atom. The number of esters is 1. The fourth-order valence-corrected chi connectivity index (χ4v) is 7.66. The van der Waals surface area contributed by atoms with Gasteiger partial charge in [-0.25, -0.2) is 13.6 Å². The van der Waals surface area contributed by atoms with Gasteiger partial charge in [-0.3, -0.25) is 14.9 Å². The maximum absolute atomic E-state index is 14.0. The lowest BCUT2D eigenvalue weighted by molar-refractivity contribution is -0.145. The molecule has 7 rings (SSSR count). The maximum Gasteiger partial charge on any atom is 0.336 e. The molecule has 3 fully saturated rings. The van der Waals surface area contributed by atoms with Crippen LogP contribution in [-0.2, 0) is 25.5 Å². The molecular weight excluding hydrogens is 705 g/mol. The molecule has 5 N–H and O–H groups in total. The zero-order valence-corrected chi connectivity index (χ0v) is 29.8. The predicted molar refractivity (Wildman–Crippen MR) is 191 cm³/mol. The van der Waals surface area contributed by atoms with Gasteiger partial charge >= 0.3 is 5.97 Å². The molecule has 3 heterocycles. The van der Waals surface area contributed by atoms with Crippen molar-refractivity contribution in [3.8, 4) is 11.5 Å². The molecule has 4 aliphatic rings. The SMILES string of the molecule is Cc1cccc(OC(C(N)=O)[C@@]23CC(c4ccc(CCCOc5c(F)ccc(F)c5F)cc4)=C(C(=O)OC4CC4)[C@H](CN(C(=O)C4C[C@H](O)CN4)C2)N3)c1. The van der Waals surface area contributed by atoms with Crippen LogP contribution in [0.25, 0.3) is 5.57 Å².